The van der Waals surface area contributed by atoms with Gasteiger partial charge in [-0.3, -0.25) is 4.99 Å². The number of hydrogen-bond acceptors (Lipinski definition) is 3. The third-order valence-corrected chi connectivity index (χ3v) is 4.24. The summed E-state index contributed by atoms with van der Waals surface area (Å²) in [5, 5.41) is 17.7. The van der Waals surface area contributed by atoms with Crippen LogP contribution in [0.25, 0.3) is 0 Å². The van der Waals surface area contributed by atoms with Gasteiger partial charge in [-0.05, 0) is 26.0 Å². The lowest BCUT2D eigenvalue weighted by Crippen LogP contribution is -2.42. The van der Waals surface area contributed by atoms with Gasteiger partial charge in [-0.1, -0.05) is 33.6 Å². The van der Waals surface area contributed by atoms with Gasteiger partial charge in [0, 0.05) is 18.3 Å². The second-order valence-corrected chi connectivity index (χ2v) is 6.62. The van der Waals surface area contributed by atoms with Crippen LogP contribution in [0.3, 0.4) is 0 Å². The van der Waals surface area contributed by atoms with E-state index in [4.69, 9.17) is 0 Å². The molecule has 0 heterocycles. The number of nitrogens with zero attached hydrogens (tertiary/aromatic N) is 1. The maximum atomic E-state index is 10.6. The Labute approximate surface area is 129 Å². The monoisotopic (exact) mass is 303 g/mol. The SMILES string of the molecule is CCCC(O)(CCC)CN=C(NCC)NCC(C)SC. The first-order chi connectivity index (χ1) is 9.51. The number of guanidine groups is 1. The minimum atomic E-state index is -0.656. The molecule has 0 amide bonds. The van der Waals surface area contributed by atoms with Gasteiger partial charge in [0.05, 0.1) is 12.1 Å². The van der Waals surface area contributed by atoms with E-state index in [-0.39, 0.29) is 0 Å². The van der Waals surface area contributed by atoms with Crippen LogP contribution in [0.1, 0.15) is 53.4 Å². The standard InChI is InChI=1S/C15H33N3OS/c1-6-9-15(19,10-7-2)12-18-14(16-8-3)17-11-13(4)20-5/h13,19H,6-12H2,1-5H3,(H2,16,17,18). The summed E-state index contributed by atoms with van der Waals surface area (Å²) in [6.07, 6.45) is 5.70. The van der Waals surface area contributed by atoms with Crippen molar-refractivity contribution < 1.29 is 5.11 Å². The van der Waals surface area contributed by atoms with E-state index in [2.05, 4.69) is 49.6 Å². The summed E-state index contributed by atoms with van der Waals surface area (Å²) in [6.45, 7) is 10.6. The van der Waals surface area contributed by atoms with Crippen LogP contribution >= 0.6 is 11.8 Å². The Morgan fingerprint density at radius 3 is 2.25 bits per heavy atom. The molecule has 0 radical (unpaired) electrons. The third kappa shape index (κ3) is 8.69. The Kier molecular flexibility index (Phi) is 11.0. The summed E-state index contributed by atoms with van der Waals surface area (Å²) in [5.74, 6) is 0.805. The summed E-state index contributed by atoms with van der Waals surface area (Å²) >= 11 is 1.83. The van der Waals surface area contributed by atoms with E-state index in [9.17, 15) is 5.11 Å². The summed E-state index contributed by atoms with van der Waals surface area (Å²) < 4.78 is 0. The molecule has 0 aliphatic rings. The lowest BCUT2D eigenvalue weighted by atomic mass is 9.93. The zero-order chi connectivity index (χ0) is 15.4. The van der Waals surface area contributed by atoms with Crippen LogP contribution in [0.2, 0.25) is 0 Å². The fourth-order valence-corrected chi connectivity index (χ4v) is 2.36. The lowest BCUT2D eigenvalue weighted by Gasteiger charge is -2.26. The average molecular weight is 304 g/mol. The Morgan fingerprint density at radius 2 is 1.80 bits per heavy atom. The van der Waals surface area contributed by atoms with Gasteiger partial charge in [0.1, 0.15) is 0 Å². The number of aliphatic hydroxyl groups is 1. The minimum absolute atomic E-state index is 0.470. The Balaban J connectivity index is 4.55. The van der Waals surface area contributed by atoms with Crippen LogP contribution in [-0.2, 0) is 0 Å². The maximum absolute atomic E-state index is 10.6. The Hall–Kier alpha value is -0.420. The Morgan fingerprint density at radius 1 is 1.20 bits per heavy atom. The molecule has 5 heteroatoms. The Bertz CT molecular complexity index is 266. The van der Waals surface area contributed by atoms with Crippen LogP contribution < -0.4 is 10.6 Å². The second-order valence-electron chi connectivity index (χ2n) is 5.35. The lowest BCUT2D eigenvalue weighted by molar-refractivity contribution is 0.0306. The molecule has 0 saturated carbocycles. The van der Waals surface area contributed by atoms with E-state index in [0.29, 0.717) is 11.8 Å². The second kappa shape index (κ2) is 11.3. The number of thioether (sulfide) groups is 1. The van der Waals surface area contributed by atoms with E-state index >= 15 is 0 Å². The molecule has 1 unspecified atom stereocenters. The third-order valence-electron chi connectivity index (χ3n) is 3.27. The van der Waals surface area contributed by atoms with E-state index < -0.39 is 5.60 Å². The summed E-state index contributed by atoms with van der Waals surface area (Å²) in [7, 11) is 0. The van der Waals surface area contributed by atoms with Crippen molar-refractivity contribution >= 4 is 17.7 Å². The topological polar surface area (TPSA) is 56.7 Å². The van der Waals surface area contributed by atoms with E-state index in [1.807, 2.05) is 11.8 Å². The molecule has 3 N–H and O–H groups in total. The summed E-state index contributed by atoms with van der Waals surface area (Å²) in [6, 6.07) is 0. The number of aliphatic imine (C=N–C) groups is 1. The molecule has 0 fully saturated rings. The van der Waals surface area contributed by atoms with Crippen LogP contribution in [0, 0.1) is 0 Å². The molecule has 0 aromatic carbocycles. The predicted octanol–water partition coefficient (Wildman–Crippen LogP) is 2.62. The van der Waals surface area contributed by atoms with Crippen LogP contribution in [0.15, 0.2) is 4.99 Å². The van der Waals surface area contributed by atoms with Crippen molar-refractivity contribution in [1.29, 1.82) is 0 Å². The fourth-order valence-electron chi connectivity index (χ4n) is 2.11. The van der Waals surface area contributed by atoms with Gasteiger partial charge >= 0.3 is 0 Å². The molecule has 20 heavy (non-hydrogen) atoms. The van der Waals surface area contributed by atoms with Gasteiger partial charge in [-0.15, -0.1) is 0 Å². The zero-order valence-electron chi connectivity index (χ0n) is 13.8. The summed E-state index contributed by atoms with van der Waals surface area (Å²) in [5.41, 5.74) is -0.656. The van der Waals surface area contributed by atoms with Crippen molar-refractivity contribution in [2.75, 3.05) is 25.9 Å². The van der Waals surface area contributed by atoms with E-state index in [1.165, 1.54) is 0 Å². The normalized spacial score (nSPS) is 14.2. The molecule has 1 atom stereocenters. The number of rotatable bonds is 10. The van der Waals surface area contributed by atoms with Gasteiger partial charge in [-0.2, -0.15) is 11.8 Å². The zero-order valence-corrected chi connectivity index (χ0v) is 14.6. The maximum Gasteiger partial charge on any atom is 0.191 e. The molecule has 120 valence electrons. The van der Waals surface area contributed by atoms with Crippen molar-refractivity contribution in [2.24, 2.45) is 4.99 Å². The average Bonchev–Trinajstić information content (AvgIpc) is 2.42. The predicted molar refractivity (Wildman–Crippen MR) is 91.7 cm³/mol. The quantitative estimate of drug-likeness (QED) is 0.429. The van der Waals surface area contributed by atoms with Crippen molar-refractivity contribution in [3.63, 3.8) is 0 Å². The van der Waals surface area contributed by atoms with E-state index in [0.717, 1.165) is 44.7 Å². The largest absolute Gasteiger partial charge is 0.388 e. The minimum Gasteiger partial charge on any atom is -0.388 e. The molecule has 0 aliphatic carbocycles. The van der Waals surface area contributed by atoms with Crippen molar-refractivity contribution in [2.45, 2.75) is 64.2 Å². The molecule has 0 rings (SSSR count). The molecule has 0 bridgehead atoms. The van der Waals surface area contributed by atoms with Crippen molar-refractivity contribution in [1.82, 2.24) is 10.6 Å². The smallest absolute Gasteiger partial charge is 0.191 e. The van der Waals surface area contributed by atoms with Gasteiger partial charge < -0.3 is 15.7 Å². The number of nitrogens with one attached hydrogen (secondary N) is 2. The van der Waals surface area contributed by atoms with E-state index in [1.54, 1.807) is 0 Å². The fraction of sp³-hybridized carbons (Fsp3) is 0.933. The highest BCUT2D eigenvalue weighted by molar-refractivity contribution is 7.99. The first-order valence-corrected chi connectivity index (χ1v) is 9.07. The van der Waals surface area contributed by atoms with Gasteiger partial charge in [0.25, 0.3) is 0 Å². The van der Waals surface area contributed by atoms with Crippen LogP contribution in [0.4, 0.5) is 0 Å². The highest BCUT2D eigenvalue weighted by Gasteiger charge is 2.24. The van der Waals surface area contributed by atoms with Crippen LogP contribution in [-0.4, -0.2) is 47.8 Å². The highest BCUT2D eigenvalue weighted by Crippen LogP contribution is 2.19. The van der Waals surface area contributed by atoms with Crippen LogP contribution in [0.5, 0.6) is 0 Å². The van der Waals surface area contributed by atoms with Gasteiger partial charge in [0.2, 0.25) is 0 Å². The molecule has 0 aromatic rings. The molecular weight excluding hydrogens is 270 g/mol. The summed E-state index contributed by atoms with van der Waals surface area (Å²) in [4.78, 5) is 4.56. The first-order valence-electron chi connectivity index (χ1n) is 7.78. The molecule has 0 saturated heterocycles. The molecular formula is C15H33N3OS. The molecule has 0 spiro atoms. The van der Waals surface area contributed by atoms with Crippen molar-refractivity contribution in [3.05, 3.63) is 0 Å². The number of hydrogen-bond donors (Lipinski definition) is 3. The molecule has 0 aromatic heterocycles. The highest BCUT2D eigenvalue weighted by atomic mass is 32.2. The van der Waals surface area contributed by atoms with Gasteiger partial charge in [-0.25, -0.2) is 0 Å². The van der Waals surface area contributed by atoms with Crippen molar-refractivity contribution in [3.8, 4) is 0 Å². The van der Waals surface area contributed by atoms with Gasteiger partial charge in [0.15, 0.2) is 5.96 Å². The first kappa shape index (κ1) is 19.6. The molecule has 4 nitrogen and oxygen atoms in total. The molecule has 0 aliphatic heterocycles.